The Kier molecular flexibility index (Phi) is 5.30. The lowest BCUT2D eigenvalue weighted by Gasteiger charge is -2.36. The maximum Gasteiger partial charge on any atom is 0.317 e. The van der Waals surface area contributed by atoms with E-state index in [4.69, 9.17) is 9.47 Å². The van der Waals surface area contributed by atoms with Crippen molar-refractivity contribution in [2.24, 2.45) is 0 Å². The number of hydrogen-bond donors (Lipinski definition) is 1. The van der Waals surface area contributed by atoms with E-state index in [-0.39, 0.29) is 6.03 Å². The Morgan fingerprint density at radius 3 is 2.54 bits per heavy atom. The molecule has 0 aliphatic carbocycles. The number of carbonyl (C=O) groups is 1. The number of ether oxygens (including phenoxy) is 2. The van der Waals surface area contributed by atoms with E-state index in [2.05, 4.69) is 21.2 Å². The summed E-state index contributed by atoms with van der Waals surface area (Å²) < 4.78 is 11.2. The van der Waals surface area contributed by atoms with Crippen LogP contribution in [-0.4, -0.2) is 82.4 Å². The van der Waals surface area contributed by atoms with E-state index >= 15 is 0 Å². The van der Waals surface area contributed by atoms with Gasteiger partial charge in [0.25, 0.3) is 0 Å². The van der Waals surface area contributed by atoms with Gasteiger partial charge in [-0.15, -0.1) is 0 Å². The fourth-order valence-corrected chi connectivity index (χ4v) is 2.89. The molecule has 1 saturated heterocycles. The van der Waals surface area contributed by atoms with Gasteiger partial charge < -0.3 is 29.5 Å². The number of fused-ring (bicyclic) bond motifs is 1. The Labute approximate surface area is 143 Å². The lowest BCUT2D eigenvalue weighted by atomic mass is 10.2. The number of likely N-dealkylation sites (N-methyl/N-ethyl adjacent to an activating group) is 1. The van der Waals surface area contributed by atoms with E-state index in [9.17, 15) is 4.79 Å². The summed E-state index contributed by atoms with van der Waals surface area (Å²) in [5, 5.41) is 2.97. The van der Waals surface area contributed by atoms with Crippen LogP contribution in [-0.2, 0) is 0 Å². The van der Waals surface area contributed by atoms with Crippen LogP contribution in [0.25, 0.3) is 0 Å². The molecule has 24 heavy (non-hydrogen) atoms. The molecule has 0 unspecified atom stereocenters. The number of piperazine rings is 1. The van der Waals surface area contributed by atoms with Gasteiger partial charge in [0.1, 0.15) is 13.2 Å². The van der Waals surface area contributed by atoms with Crippen molar-refractivity contribution in [2.45, 2.75) is 0 Å². The number of nitrogens with zero attached hydrogens (tertiary/aromatic N) is 3. The van der Waals surface area contributed by atoms with E-state index < -0.39 is 0 Å². The van der Waals surface area contributed by atoms with Crippen molar-refractivity contribution in [3.05, 3.63) is 18.2 Å². The zero-order valence-electron chi connectivity index (χ0n) is 14.5. The van der Waals surface area contributed by atoms with Crippen LogP contribution in [0.3, 0.4) is 0 Å². The molecule has 1 N–H and O–H groups in total. The van der Waals surface area contributed by atoms with Gasteiger partial charge >= 0.3 is 6.03 Å². The van der Waals surface area contributed by atoms with Crippen molar-refractivity contribution in [3.63, 3.8) is 0 Å². The van der Waals surface area contributed by atoms with Gasteiger partial charge in [-0.3, -0.25) is 0 Å². The maximum atomic E-state index is 12.2. The van der Waals surface area contributed by atoms with E-state index in [1.165, 1.54) is 0 Å². The quantitative estimate of drug-likeness (QED) is 0.885. The number of hydrogen-bond acceptors (Lipinski definition) is 5. The molecular weight excluding hydrogens is 308 g/mol. The van der Waals surface area contributed by atoms with Crippen LogP contribution in [0.4, 0.5) is 10.5 Å². The Morgan fingerprint density at radius 2 is 1.83 bits per heavy atom. The zero-order valence-corrected chi connectivity index (χ0v) is 14.5. The molecule has 2 aliphatic heterocycles. The lowest BCUT2D eigenvalue weighted by molar-refractivity contribution is 0.171. The first kappa shape index (κ1) is 16.7. The van der Waals surface area contributed by atoms with Crippen LogP contribution in [0.15, 0.2) is 18.2 Å². The standard InChI is InChI=1S/C17H26N4O3/c1-19(2)6-5-18-17(22)21-9-7-20(8-10-21)14-3-4-15-16(13-14)24-12-11-23-15/h3-4,13H,5-12H2,1-2H3,(H,18,22). The van der Waals surface area contributed by atoms with Crippen molar-refractivity contribution < 1.29 is 14.3 Å². The minimum atomic E-state index is 0.0266. The fourth-order valence-electron chi connectivity index (χ4n) is 2.89. The topological polar surface area (TPSA) is 57.3 Å². The number of nitrogens with one attached hydrogen (secondary N) is 1. The summed E-state index contributed by atoms with van der Waals surface area (Å²) in [5.74, 6) is 1.62. The molecule has 2 heterocycles. The largest absolute Gasteiger partial charge is 0.486 e. The number of urea groups is 1. The third-order valence-corrected chi connectivity index (χ3v) is 4.29. The van der Waals surface area contributed by atoms with Crippen molar-refractivity contribution >= 4 is 11.7 Å². The molecule has 1 aromatic carbocycles. The van der Waals surface area contributed by atoms with Crippen LogP contribution in [0.1, 0.15) is 0 Å². The lowest BCUT2D eigenvalue weighted by Crippen LogP contribution is -2.52. The van der Waals surface area contributed by atoms with Crippen molar-refractivity contribution in [1.29, 1.82) is 0 Å². The maximum absolute atomic E-state index is 12.2. The first-order chi connectivity index (χ1) is 11.6. The average Bonchev–Trinajstić information content (AvgIpc) is 2.61. The molecule has 0 bridgehead atoms. The van der Waals surface area contributed by atoms with Gasteiger partial charge in [-0.25, -0.2) is 4.79 Å². The van der Waals surface area contributed by atoms with Crippen molar-refractivity contribution in [2.75, 3.05) is 71.5 Å². The summed E-state index contributed by atoms with van der Waals surface area (Å²) in [6.07, 6.45) is 0. The summed E-state index contributed by atoms with van der Waals surface area (Å²) in [5.41, 5.74) is 1.12. The molecule has 0 aromatic heterocycles. The molecule has 132 valence electrons. The summed E-state index contributed by atoms with van der Waals surface area (Å²) in [4.78, 5) is 18.4. The molecule has 0 saturated carbocycles. The first-order valence-electron chi connectivity index (χ1n) is 8.45. The highest BCUT2D eigenvalue weighted by atomic mass is 16.6. The van der Waals surface area contributed by atoms with Gasteiger partial charge in [0.2, 0.25) is 0 Å². The Morgan fingerprint density at radius 1 is 1.12 bits per heavy atom. The number of carbonyl (C=O) groups excluding carboxylic acids is 1. The fraction of sp³-hybridized carbons (Fsp3) is 0.588. The highest BCUT2D eigenvalue weighted by Crippen LogP contribution is 2.34. The molecule has 0 radical (unpaired) electrons. The van der Waals surface area contributed by atoms with Gasteiger partial charge in [0.05, 0.1) is 0 Å². The Bertz CT molecular complexity index is 571. The molecule has 1 fully saturated rings. The summed E-state index contributed by atoms with van der Waals surface area (Å²) in [7, 11) is 4.00. The van der Waals surface area contributed by atoms with Crippen molar-refractivity contribution in [1.82, 2.24) is 15.1 Å². The van der Waals surface area contributed by atoms with Crippen LogP contribution in [0, 0.1) is 0 Å². The molecule has 0 spiro atoms. The highest BCUT2D eigenvalue weighted by Gasteiger charge is 2.22. The van der Waals surface area contributed by atoms with Gasteiger partial charge in [-0.1, -0.05) is 0 Å². The third-order valence-electron chi connectivity index (χ3n) is 4.29. The Balaban J connectivity index is 1.50. The zero-order chi connectivity index (χ0) is 16.9. The number of benzene rings is 1. The highest BCUT2D eigenvalue weighted by molar-refractivity contribution is 5.74. The molecule has 3 rings (SSSR count). The third kappa shape index (κ3) is 4.03. The van der Waals surface area contributed by atoms with Crippen molar-refractivity contribution in [3.8, 4) is 11.5 Å². The number of amides is 2. The summed E-state index contributed by atoms with van der Waals surface area (Å²) in [6.45, 7) is 5.81. The minimum Gasteiger partial charge on any atom is -0.486 e. The SMILES string of the molecule is CN(C)CCNC(=O)N1CCN(c2ccc3c(c2)OCCO3)CC1. The average molecular weight is 334 g/mol. The molecular formula is C17H26N4O3. The van der Waals surface area contributed by atoms with Gasteiger partial charge in [0, 0.05) is 51.0 Å². The Hall–Kier alpha value is -2.15. The van der Waals surface area contributed by atoms with E-state index in [1.54, 1.807) is 0 Å². The van der Waals surface area contributed by atoms with Crippen LogP contribution < -0.4 is 19.7 Å². The minimum absolute atomic E-state index is 0.0266. The predicted octanol–water partition coefficient (Wildman–Crippen LogP) is 0.851. The van der Waals surface area contributed by atoms with E-state index in [0.717, 1.165) is 49.9 Å². The summed E-state index contributed by atoms with van der Waals surface area (Å²) in [6, 6.07) is 6.07. The predicted molar refractivity (Wildman–Crippen MR) is 93.2 cm³/mol. The smallest absolute Gasteiger partial charge is 0.317 e. The molecule has 1 aromatic rings. The second-order valence-electron chi connectivity index (χ2n) is 6.34. The van der Waals surface area contributed by atoms with Gasteiger partial charge in [-0.05, 0) is 26.2 Å². The number of rotatable bonds is 4. The molecule has 0 atom stereocenters. The molecule has 2 aliphatic rings. The van der Waals surface area contributed by atoms with Gasteiger partial charge in [0.15, 0.2) is 11.5 Å². The van der Waals surface area contributed by atoms with Crippen LogP contribution in [0.5, 0.6) is 11.5 Å². The second-order valence-corrected chi connectivity index (χ2v) is 6.34. The monoisotopic (exact) mass is 334 g/mol. The number of anilines is 1. The molecule has 7 heteroatoms. The summed E-state index contributed by atoms with van der Waals surface area (Å²) >= 11 is 0. The molecule has 2 amide bonds. The molecule has 7 nitrogen and oxygen atoms in total. The van der Waals surface area contributed by atoms with E-state index in [0.29, 0.717) is 19.8 Å². The van der Waals surface area contributed by atoms with Crippen LogP contribution in [0.2, 0.25) is 0 Å². The van der Waals surface area contributed by atoms with E-state index in [1.807, 2.05) is 31.1 Å². The normalized spacial score (nSPS) is 17.1. The van der Waals surface area contributed by atoms with Gasteiger partial charge in [-0.2, -0.15) is 0 Å². The van der Waals surface area contributed by atoms with Crippen LogP contribution >= 0.6 is 0 Å². The second kappa shape index (κ2) is 7.61. The first-order valence-corrected chi connectivity index (χ1v) is 8.45.